The Morgan fingerprint density at radius 1 is 1.33 bits per heavy atom. The number of hydrogen-bond donors (Lipinski definition) is 1. The van der Waals surface area contributed by atoms with E-state index in [1.807, 2.05) is 11.8 Å². The summed E-state index contributed by atoms with van der Waals surface area (Å²) in [4.78, 5) is 4.53. The van der Waals surface area contributed by atoms with Crippen LogP contribution in [0.5, 0.6) is 0 Å². The zero-order valence-corrected chi connectivity index (χ0v) is 11.6. The molecule has 0 amide bonds. The number of hydrogen-bond acceptors (Lipinski definition) is 3. The van der Waals surface area contributed by atoms with Crippen LogP contribution >= 0.6 is 11.8 Å². The molecule has 1 aliphatic heterocycles. The molecule has 0 saturated carbocycles. The largest absolute Gasteiger partial charge is 0.335 e. The van der Waals surface area contributed by atoms with Gasteiger partial charge in [-0.1, -0.05) is 38.5 Å². The first-order valence-electron chi connectivity index (χ1n) is 6.46. The fourth-order valence-corrected chi connectivity index (χ4v) is 3.52. The quantitative estimate of drug-likeness (QED) is 0.885. The molecule has 2 nitrogen and oxygen atoms in total. The van der Waals surface area contributed by atoms with Gasteiger partial charge in [0.25, 0.3) is 0 Å². The number of aliphatic imine (C=N–C) groups is 1. The van der Waals surface area contributed by atoms with Gasteiger partial charge in [0.15, 0.2) is 5.17 Å². The molecule has 0 radical (unpaired) electrons. The first-order chi connectivity index (χ1) is 8.72. The summed E-state index contributed by atoms with van der Waals surface area (Å²) in [6.07, 6.45) is 2.40. The van der Waals surface area contributed by atoms with E-state index in [0.29, 0.717) is 5.25 Å². The average molecular weight is 266 g/mol. The van der Waals surface area contributed by atoms with Gasteiger partial charge in [0.2, 0.25) is 0 Å². The van der Waals surface area contributed by atoms with Gasteiger partial charge in [0, 0.05) is 10.9 Å². The van der Waals surface area contributed by atoms with Gasteiger partial charge in [-0.2, -0.15) is 0 Å². The molecule has 1 heterocycles. The number of benzene rings is 1. The number of halogens is 1. The van der Waals surface area contributed by atoms with E-state index in [1.54, 1.807) is 12.1 Å². The summed E-state index contributed by atoms with van der Waals surface area (Å²) in [5.41, 5.74) is 0.896. The lowest BCUT2D eigenvalue weighted by Crippen LogP contribution is -2.17. The molecule has 0 fully saturated rings. The van der Waals surface area contributed by atoms with Crippen molar-refractivity contribution in [2.75, 3.05) is 11.9 Å². The molecule has 1 atom stereocenters. The fourth-order valence-electron chi connectivity index (χ4n) is 2.18. The minimum absolute atomic E-state index is 0.212. The second-order valence-corrected chi connectivity index (χ2v) is 5.74. The molecule has 1 N–H and O–H groups in total. The highest BCUT2D eigenvalue weighted by Crippen LogP contribution is 2.31. The van der Waals surface area contributed by atoms with Crippen LogP contribution in [0.2, 0.25) is 0 Å². The normalized spacial score (nSPS) is 19.1. The summed E-state index contributed by atoms with van der Waals surface area (Å²) in [7, 11) is 0. The van der Waals surface area contributed by atoms with E-state index in [9.17, 15) is 4.39 Å². The molecule has 0 bridgehead atoms. The van der Waals surface area contributed by atoms with Crippen molar-refractivity contribution in [2.45, 2.75) is 31.9 Å². The fraction of sp³-hybridized carbons (Fsp3) is 0.500. The van der Waals surface area contributed by atoms with Gasteiger partial charge in [-0.15, -0.1) is 0 Å². The minimum atomic E-state index is -0.212. The molecule has 1 unspecified atom stereocenters. The minimum Gasteiger partial charge on any atom is -0.335 e. The van der Waals surface area contributed by atoms with Crippen LogP contribution < -0.4 is 5.32 Å². The Morgan fingerprint density at radius 2 is 2.00 bits per heavy atom. The first-order valence-corrected chi connectivity index (χ1v) is 7.34. The predicted octanol–water partition coefficient (Wildman–Crippen LogP) is 4.15. The molecule has 1 aromatic rings. The lowest BCUT2D eigenvalue weighted by atomic mass is 9.99. The Bertz CT molecular complexity index is 412. The third kappa shape index (κ3) is 3.25. The van der Waals surface area contributed by atoms with Crippen LogP contribution in [0.3, 0.4) is 0 Å². The van der Waals surface area contributed by atoms with Crippen molar-refractivity contribution in [3.05, 3.63) is 30.1 Å². The van der Waals surface area contributed by atoms with Crippen LogP contribution in [-0.4, -0.2) is 17.0 Å². The van der Waals surface area contributed by atoms with Crippen LogP contribution in [0.4, 0.5) is 10.1 Å². The SMILES string of the molecule is CCC(CC)C1CN=C(Nc2ccc(F)cc2)S1. The van der Waals surface area contributed by atoms with Gasteiger partial charge >= 0.3 is 0 Å². The van der Waals surface area contributed by atoms with E-state index in [0.717, 1.165) is 23.3 Å². The molecular formula is C14H19FN2S. The third-order valence-electron chi connectivity index (χ3n) is 3.35. The third-order valence-corrected chi connectivity index (χ3v) is 4.64. The van der Waals surface area contributed by atoms with Gasteiger partial charge in [0.1, 0.15) is 5.82 Å². The molecule has 2 rings (SSSR count). The molecule has 4 heteroatoms. The van der Waals surface area contributed by atoms with Crippen LogP contribution in [-0.2, 0) is 0 Å². The zero-order chi connectivity index (χ0) is 13.0. The number of nitrogens with one attached hydrogen (secondary N) is 1. The van der Waals surface area contributed by atoms with Gasteiger partial charge in [-0.3, -0.25) is 4.99 Å². The summed E-state index contributed by atoms with van der Waals surface area (Å²) in [5.74, 6) is 0.516. The number of rotatable bonds is 4. The standard InChI is InChI=1S/C14H19FN2S/c1-3-10(4-2)13-9-16-14(18-13)17-12-7-5-11(15)6-8-12/h5-8,10,13H,3-4,9H2,1-2H3,(H,16,17). The average Bonchev–Trinajstić information content (AvgIpc) is 2.82. The number of amidine groups is 1. The highest BCUT2D eigenvalue weighted by atomic mass is 32.2. The summed E-state index contributed by atoms with van der Waals surface area (Å²) in [6.45, 7) is 5.36. The van der Waals surface area contributed by atoms with E-state index in [1.165, 1.54) is 25.0 Å². The van der Waals surface area contributed by atoms with E-state index in [4.69, 9.17) is 0 Å². The zero-order valence-electron chi connectivity index (χ0n) is 10.8. The smallest absolute Gasteiger partial charge is 0.161 e. The molecule has 0 saturated heterocycles. The maximum atomic E-state index is 12.8. The van der Waals surface area contributed by atoms with Crippen LogP contribution in [0, 0.1) is 11.7 Å². The van der Waals surface area contributed by atoms with E-state index < -0.39 is 0 Å². The highest BCUT2D eigenvalue weighted by Gasteiger charge is 2.25. The number of anilines is 1. The van der Waals surface area contributed by atoms with Crippen LogP contribution in [0.25, 0.3) is 0 Å². The number of thioether (sulfide) groups is 1. The number of nitrogens with zero attached hydrogens (tertiary/aromatic N) is 1. The van der Waals surface area contributed by atoms with Gasteiger partial charge in [-0.05, 0) is 30.2 Å². The molecular weight excluding hydrogens is 247 g/mol. The molecule has 1 aliphatic rings. The van der Waals surface area contributed by atoms with Crippen molar-refractivity contribution in [2.24, 2.45) is 10.9 Å². The second kappa shape index (κ2) is 6.23. The molecule has 0 aromatic heterocycles. The van der Waals surface area contributed by atoms with Crippen molar-refractivity contribution >= 4 is 22.6 Å². The second-order valence-electron chi connectivity index (χ2n) is 4.51. The molecule has 0 aliphatic carbocycles. The lowest BCUT2D eigenvalue weighted by molar-refractivity contribution is 0.479. The van der Waals surface area contributed by atoms with Crippen molar-refractivity contribution in [1.29, 1.82) is 0 Å². The van der Waals surface area contributed by atoms with Crippen molar-refractivity contribution in [3.63, 3.8) is 0 Å². The summed E-state index contributed by atoms with van der Waals surface area (Å²) >= 11 is 1.81. The van der Waals surface area contributed by atoms with E-state index in [-0.39, 0.29) is 5.82 Å². The van der Waals surface area contributed by atoms with Gasteiger partial charge in [-0.25, -0.2) is 4.39 Å². The van der Waals surface area contributed by atoms with E-state index >= 15 is 0 Å². The van der Waals surface area contributed by atoms with Gasteiger partial charge < -0.3 is 5.32 Å². The Kier molecular flexibility index (Phi) is 4.64. The molecule has 18 heavy (non-hydrogen) atoms. The van der Waals surface area contributed by atoms with Crippen molar-refractivity contribution in [1.82, 2.24) is 0 Å². The van der Waals surface area contributed by atoms with Crippen molar-refractivity contribution in [3.8, 4) is 0 Å². The van der Waals surface area contributed by atoms with Gasteiger partial charge in [0.05, 0.1) is 6.54 Å². The van der Waals surface area contributed by atoms with E-state index in [2.05, 4.69) is 24.2 Å². The maximum absolute atomic E-state index is 12.8. The summed E-state index contributed by atoms with van der Waals surface area (Å²) < 4.78 is 12.8. The Morgan fingerprint density at radius 3 is 2.61 bits per heavy atom. The molecule has 0 spiro atoms. The monoisotopic (exact) mass is 266 g/mol. The maximum Gasteiger partial charge on any atom is 0.161 e. The predicted molar refractivity (Wildman–Crippen MR) is 77.8 cm³/mol. The van der Waals surface area contributed by atoms with Crippen molar-refractivity contribution < 1.29 is 4.39 Å². The van der Waals surface area contributed by atoms with Crippen LogP contribution in [0.15, 0.2) is 29.3 Å². The van der Waals surface area contributed by atoms with Crippen LogP contribution in [0.1, 0.15) is 26.7 Å². The highest BCUT2D eigenvalue weighted by molar-refractivity contribution is 8.15. The topological polar surface area (TPSA) is 24.4 Å². The summed E-state index contributed by atoms with van der Waals surface area (Å²) in [6, 6.07) is 6.40. The first kappa shape index (κ1) is 13.4. The molecule has 1 aromatic carbocycles. The Hall–Kier alpha value is -1.03. The Labute approximate surface area is 112 Å². The Balaban J connectivity index is 1.91. The lowest BCUT2D eigenvalue weighted by Gasteiger charge is -2.18. The summed E-state index contributed by atoms with van der Waals surface area (Å²) in [5, 5.41) is 4.79. The molecule has 98 valence electrons.